The van der Waals surface area contributed by atoms with Crippen molar-refractivity contribution in [1.82, 2.24) is 4.90 Å². The van der Waals surface area contributed by atoms with E-state index in [0.29, 0.717) is 11.7 Å². The van der Waals surface area contributed by atoms with Gasteiger partial charge in [0.2, 0.25) is 0 Å². The molecule has 0 saturated heterocycles. The number of aromatic hydroxyl groups is 1. The normalized spacial score (nSPS) is 20.1. The zero-order valence-corrected chi connectivity index (χ0v) is 16.0. The predicted octanol–water partition coefficient (Wildman–Crippen LogP) is 4.91. The number of hydrogen-bond donors (Lipinski definition) is 1. The zero-order valence-electron chi connectivity index (χ0n) is 16.0. The molecule has 1 aliphatic rings. The Labute approximate surface area is 143 Å². The minimum Gasteiger partial charge on any atom is -0.508 e. The summed E-state index contributed by atoms with van der Waals surface area (Å²) < 4.78 is 4.25. The Bertz CT molecular complexity index is 391. The van der Waals surface area contributed by atoms with Crippen LogP contribution in [0.15, 0.2) is 24.3 Å². The molecule has 2 unspecified atom stereocenters. The van der Waals surface area contributed by atoms with E-state index >= 15 is 0 Å². The summed E-state index contributed by atoms with van der Waals surface area (Å²) in [5, 5.41) is 9.60. The van der Waals surface area contributed by atoms with Gasteiger partial charge >= 0.3 is 0 Å². The van der Waals surface area contributed by atoms with E-state index in [0.717, 1.165) is 12.5 Å². The largest absolute Gasteiger partial charge is 0.508 e. The number of nitrogens with zero attached hydrogens (tertiary/aromatic N) is 1. The van der Waals surface area contributed by atoms with Crippen LogP contribution in [0.1, 0.15) is 57.4 Å². The van der Waals surface area contributed by atoms with Crippen molar-refractivity contribution in [3.63, 3.8) is 0 Å². The van der Waals surface area contributed by atoms with E-state index in [9.17, 15) is 5.11 Å². The average molecular weight is 324 g/mol. The Morgan fingerprint density at radius 2 is 1.70 bits per heavy atom. The maximum atomic E-state index is 9.60. The summed E-state index contributed by atoms with van der Waals surface area (Å²) in [6.07, 6.45) is 6.51. The Hall–Kier alpha value is -1.06. The molecule has 1 aromatic carbocycles. The molecule has 0 radical (unpaired) electrons. The molecule has 0 heterocycles. The van der Waals surface area contributed by atoms with Crippen molar-refractivity contribution in [2.75, 3.05) is 34.9 Å². The summed E-state index contributed by atoms with van der Waals surface area (Å²) in [5.41, 5.74) is 1.32. The number of phenols is 1. The van der Waals surface area contributed by atoms with E-state index in [1.165, 1.54) is 37.7 Å². The van der Waals surface area contributed by atoms with Crippen molar-refractivity contribution in [1.29, 1.82) is 0 Å². The Morgan fingerprint density at radius 3 is 2.22 bits per heavy atom. The molecule has 1 fully saturated rings. The molecule has 0 amide bonds. The van der Waals surface area contributed by atoms with Gasteiger partial charge in [0.25, 0.3) is 0 Å². The third-order valence-corrected chi connectivity index (χ3v) is 3.81. The van der Waals surface area contributed by atoms with Crippen LogP contribution in [0.2, 0.25) is 0 Å². The minimum absolute atomic E-state index is 0.400. The third kappa shape index (κ3) is 9.62. The third-order valence-electron chi connectivity index (χ3n) is 3.81. The van der Waals surface area contributed by atoms with Crippen molar-refractivity contribution in [3.05, 3.63) is 29.8 Å². The SMILES string of the molecule is CCC.CN(C)CC1CCCCC1c1cccc(O)c1.COC. The number of methoxy groups -OCH3 is 1. The molecule has 3 nitrogen and oxygen atoms in total. The molecule has 0 spiro atoms. The number of benzene rings is 1. The molecule has 1 aromatic rings. The lowest BCUT2D eigenvalue weighted by Crippen LogP contribution is -2.28. The van der Waals surface area contributed by atoms with Gasteiger partial charge in [0.05, 0.1) is 0 Å². The van der Waals surface area contributed by atoms with Gasteiger partial charge in [-0.05, 0) is 56.5 Å². The molecule has 2 atom stereocenters. The second-order valence-electron chi connectivity index (χ2n) is 6.62. The lowest BCUT2D eigenvalue weighted by atomic mass is 9.75. The summed E-state index contributed by atoms with van der Waals surface area (Å²) in [6, 6.07) is 7.83. The molecule has 2 rings (SSSR count). The quantitative estimate of drug-likeness (QED) is 0.858. The van der Waals surface area contributed by atoms with Gasteiger partial charge in [0.1, 0.15) is 5.75 Å². The molecule has 3 heteroatoms. The highest BCUT2D eigenvalue weighted by atomic mass is 16.4. The topological polar surface area (TPSA) is 32.7 Å². The number of phenolic OH excluding ortho intramolecular Hbond substituents is 1. The molecule has 0 bridgehead atoms. The van der Waals surface area contributed by atoms with E-state index in [1.807, 2.05) is 12.1 Å². The van der Waals surface area contributed by atoms with E-state index in [-0.39, 0.29) is 0 Å². The predicted molar refractivity (Wildman–Crippen MR) is 100 cm³/mol. The first-order chi connectivity index (χ1) is 11.0. The second-order valence-corrected chi connectivity index (χ2v) is 6.62. The van der Waals surface area contributed by atoms with Crippen LogP contribution in [0, 0.1) is 5.92 Å². The zero-order chi connectivity index (χ0) is 17.7. The van der Waals surface area contributed by atoms with Crippen LogP contribution in [-0.4, -0.2) is 44.9 Å². The van der Waals surface area contributed by atoms with Crippen molar-refractivity contribution in [3.8, 4) is 5.75 Å². The van der Waals surface area contributed by atoms with Gasteiger partial charge in [-0.25, -0.2) is 0 Å². The molecular weight excluding hydrogens is 286 g/mol. The fraction of sp³-hybridized carbons (Fsp3) is 0.700. The first-order valence-corrected chi connectivity index (χ1v) is 8.83. The first-order valence-electron chi connectivity index (χ1n) is 8.83. The summed E-state index contributed by atoms with van der Waals surface area (Å²) in [6.45, 7) is 5.40. The molecule has 1 aliphatic carbocycles. The standard InChI is InChI=1S/C15H23NO.C3H8.C2H6O/c1-16(2)11-13-6-3-4-9-15(13)12-7-5-8-14(17)10-12;2*1-3-2/h5,7-8,10,13,15,17H,3-4,6,9,11H2,1-2H3;3H2,1-2H3;1-2H3. The minimum atomic E-state index is 0.400. The maximum absolute atomic E-state index is 9.60. The van der Waals surface area contributed by atoms with Gasteiger partial charge in [0, 0.05) is 20.8 Å². The van der Waals surface area contributed by atoms with Gasteiger partial charge < -0.3 is 14.7 Å². The molecular formula is C20H37NO2. The van der Waals surface area contributed by atoms with Gasteiger partial charge in [-0.3, -0.25) is 0 Å². The smallest absolute Gasteiger partial charge is 0.115 e. The van der Waals surface area contributed by atoms with Gasteiger partial charge in [-0.1, -0.05) is 45.2 Å². The van der Waals surface area contributed by atoms with E-state index in [4.69, 9.17) is 0 Å². The van der Waals surface area contributed by atoms with Gasteiger partial charge in [-0.15, -0.1) is 0 Å². The van der Waals surface area contributed by atoms with Crippen LogP contribution in [0.4, 0.5) is 0 Å². The fourth-order valence-corrected chi connectivity index (χ4v) is 3.09. The van der Waals surface area contributed by atoms with Crippen LogP contribution in [-0.2, 0) is 4.74 Å². The molecule has 1 saturated carbocycles. The summed E-state index contributed by atoms with van der Waals surface area (Å²) >= 11 is 0. The highest BCUT2D eigenvalue weighted by Gasteiger charge is 2.26. The Balaban J connectivity index is 0.000000704. The first kappa shape index (κ1) is 21.9. The Kier molecular flexibility index (Phi) is 12.8. The number of hydrogen-bond acceptors (Lipinski definition) is 3. The fourth-order valence-electron chi connectivity index (χ4n) is 3.09. The van der Waals surface area contributed by atoms with Crippen molar-refractivity contribution in [2.24, 2.45) is 5.92 Å². The summed E-state index contributed by atoms with van der Waals surface area (Å²) in [7, 11) is 7.54. The number of rotatable bonds is 3. The van der Waals surface area contributed by atoms with Crippen LogP contribution in [0.5, 0.6) is 5.75 Å². The number of ether oxygens (including phenoxy) is 1. The average Bonchev–Trinajstić information content (AvgIpc) is 2.49. The molecule has 134 valence electrons. The molecule has 1 N–H and O–H groups in total. The lowest BCUT2D eigenvalue weighted by Gasteiger charge is -2.33. The molecule has 0 aliphatic heterocycles. The van der Waals surface area contributed by atoms with E-state index < -0.39 is 0 Å². The van der Waals surface area contributed by atoms with Crippen molar-refractivity contribution in [2.45, 2.75) is 51.9 Å². The second kappa shape index (κ2) is 13.4. The molecule has 0 aromatic heterocycles. The highest BCUT2D eigenvalue weighted by Crippen LogP contribution is 2.38. The van der Waals surface area contributed by atoms with E-state index in [2.05, 4.69) is 43.6 Å². The van der Waals surface area contributed by atoms with Gasteiger partial charge in [-0.2, -0.15) is 0 Å². The highest BCUT2D eigenvalue weighted by molar-refractivity contribution is 5.30. The van der Waals surface area contributed by atoms with Crippen LogP contribution in [0.3, 0.4) is 0 Å². The lowest BCUT2D eigenvalue weighted by molar-refractivity contribution is 0.233. The Morgan fingerprint density at radius 1 is 1.13 bits per heavy atom. The van der Waals surface area contributed by atoms with Crippen molar-refractivity contribution < 1.29 is 9.84 Å². The van der Waals surface area contributed by atoms with E-state index in [1.54, 1.807) is 20.3 Å². The van der Waals surface area contributed by atoms with Gasteiger partial charge in [0.15, 0.2) is 0 Å². The molecule has 23 heavy (non-hydrogen) atoms. The summed E-state index contributed by atoms with van der Waals surface area (Å²) in [5.74, 6) is 1.76. The van der Waals surface area contributed by atoms with Crippen LogP contribution < -0.4 is 0 Å². The maximum Gasteiger partial charge on any atom is 0.115 e. The summed E-state index contributed by atoms with van der Waals surface area (Å²) in [4.78, 5) is 2.28. The monoisotopic (exact) mass is 323 g/mol. The van der Waals surface area contributed by atoms with Crippen molar-refractivity contribution >= 4 is 0 Å². The van der Waals surface area contributed by atoms with Crippen LogP contribution >= 0.6 is 0 Å². The van der Waals surface area contributed by atoms with Crippen LogP contribution in [0.25, 0.3) is 0 Å².